The SMILES string of the molecule is COc1cccc(/C=C(\C(=O)O)c2ccc(C)c(F)c2)c1. The lowest BCUT2D eigenvalue weighted by Crippen LogP contribution is -2.00. The second-order valence-electron chi connectivity index (χ2n) is 4.60. The predicted octanol–water partition coefficient (Wildman–Crippen LogP) is 3.77. The summed E-state index contributed by atoms with van der Waals surface area (Å²) in [5.74, 6) is -0.907. The Morgan fingerprint density at radius 2 is 2.00 bits per heavy atom. The van der Waals surface area contributed by atoms with Gasteiger partial charge in [-0.3, -0.25) is 0 Å². The number of methoxy groups -OCH3 is 1. The van der Waals surface area contributed by atoms with Crippen LogP contribution in [-0.2, 0) is 4.79 Å². The quantitative estimate of drug-likeness (QED) is 0.687. The molecule has 0 aromatic heterocycles. The van der Waals surface area contributed by atoms with E-state index >= 15 is 0 Å². The van der Waals surface area contributed by atoms with E-state index < -0.39 is 11.8 Å². The van der Waals surface area contributed by atoms with Crippen LogP contribution in [0.4, 0.5) is 4.39 Å². The van der Waals surface area contributed by atoms with Crippen molar-refractivity contribution >= 4 is 17.6 Å². The van der Waals surface area contributed by atoms with E-state index in [4.69, 9.17) is 4.74 Å². The third-order valence-electron chi connectivity index (χ3n) is 3.12. The highest BCUT2D eigenvalue weighted by atomic mass is 19.1. The second kappa shape index (κ2) is 6.22. The van der Waals surface area contributed by atoms with Crippen molar-refractivity contribution in [3.05, 3.63) is 65.0 Å². The number of benzene rings is 2. The van der Waals surface area contributed by atoms with Crippen LogP contribution in [0, 0.1) is 12.7 Å². The van der Waals surface area contributed by atoms with Crippen molar-refractivity contribution in [2.24, 2.45) is 0 Å². The van der Waals surface area contributed by atoms with Crippen LogP contribution >= 0.6 is 0 Å². The molecular weight excluding hydrogens is 271 g/mol. The van der Waals surface area contributed by atoms with Gasteiger partial charge in [-0.15, -0.1) is 0 Å². The van der Waals surface area contributed by atoms with E-state index in [-0.39, 0.29) is 5.57 Å². The van der Waals surface area contributed by atoms with Gasteiger partial charge in [0.1, 0.15) is 11.6 Å². The van der Waals surface area contributed by atoms with Crippen molar-refractivity contribution in [1.29, 1.82) is 0 Å². The zero-order valence-corrected chi connectivity index (χ0v) is 11.8. The molecule has 1 N–H and O–H groups in total. The summed E-state index contributed by atoms with van der Waals surface area (Å²) in [7, 11) is 1.54. The molecule has 3 nitrogen and oxygen atoms in total. The van der Waals surface area contributed by atoms with Gasteiger partial charge in [0.2, 0.25) is 0 Å². The van der Waals surface area contributed by atoms with Crippen LogP contribution in [0.3, 0.4) is 0 Å². The normalized spacial score (nSPS) is 11.3. The Morgan fingerprint density at radius 3 is 2.62 bits per heavy atom. The summed E-state index contributed by atoms with van der Waals surface area (Å²) < 4.78 is 18.7. The van der Waals surface area contributed by atoms with Crippen molar-refractivity contribution in [3.63, 3.8) is 0 Å². The van der Waals surface area contributed by atoms with Crippen molar-refractivity contribution in [2.75, 3.05) is 7.11 Å². The van der Waals surface area contributed by atoms with Crippen molar-refractivity contribution < 1.29 is 19.0 Å². The molecule has 0 saturated heterocycles. The molecule has 2 aromatic rings. The Labute approximate surface area is 122 Å². The maximum absolute atomic E-state index is 13.6. The number of carboxylic acid groups (broad SMARTS) is 1. The highest BCUT2D eigenvalue weighted by Crippen LogP contribution is 2.22. The van der Waals surface area contributed by atoms with Crippen LogP contribution in [0.5, 0.6) is 5.75 Å². The molecule has 0 aliphatic rings. The average Bonchev–Trinajstić information content (AvgIpc) is 2.47. The number of halogens is 1. The van der Waals surface area contributed by atoms with E-state index in [2.05, 4.69) is 0 Å². The van der Waals surface area contributed by atoms with E-state index in [0.29, 0.717) is 22.4 Å². The summed E-state index contributed by atoms with van der Waals surface area (Å²) in [6, 6.07) is 11.4. The number of ether oxygens (including phenoxy) is 1. The smallest absolute Gasteiger partial charge is 0.336 e. The summed E-state index contributed by atoms with van der Waals surface area (Å²) in [5.41, 5.74) is 1.51. The first-order chi connectivity index (χ1) is 10.0. The van der Waals surface area contributed by atoms with Gasteiger partial charge in [-0.1, -0.05) is 24.3 Å². The molecule has 0 saturated carbocycles. The standard InChI is InChI=1S/C17H15FO3/c1-11-6-7-13(10-16(11)18)15(17(19)20)9-12-4-3-5-14(8-12)21-2/h3-10H,1-2H3,(H,19,20)/b15-9-. The van der Waals surface area contributed by atoms with Crippen LogP contribution in [0.15, 0.2) is 42.5 Å². The summed E-state index contributed by atoms with van der Waals surface area (Å²) in [6.07, 6.45) is 1.50. The summed E-state index contributed by atoms with van der Waals surface area (Å²) in [5, 5.41) is 9.35. The molecule has 21 heavy (non-hydrogen) atoms. The molecule has 0 aliphatic carbocycles. The molecule has 0 atom stereocenters. The number of hydrogen-bond donors (Lipinski definition) is 1. The number of aliphatic carboxylic acids is 1. The van der Waals surface area contributed by atoms with E-state index in [0.717, 1.165) is 0 Å². The highest BCUT2D eigenvalue weighted by Gasteiger charge is 2.12. The molecule has 4 heteroatoms. The van der Waals surface area contributed by atoms with Crippen LogP contribution in [-0.4, -0.2) is 18.2 Å². The van der Waals surface area contributed by atoms with Crippen LogP contribution in [0.1, 0.15) is 16.7 Å². The number of carbonyl (C=O) groups is 1. The lowest BCUT2D eigenvalue weighted by molar-refractivity contribution is -0.130. The van der Waals surface area contributed by atoms with Gasteiger partial charge < -0.3 is 9.84 Å². The Hall–Kier alpha value is -2.62. The summed E-state index contributed by atoms with van der Waals surface area (Å²) >= 11 is 0. The Morgan fingerprint density at radius 1 is 1.24 bits per heavy atom. The molecule has 108 valence electrons. The van der Waals surface area contributed by atoms with E-state index in [9.17, 15) is 14.3 Å². The molecule has 2 aromatic carbocycles. The molecule has 0 aliphatic heterocycles. The third kappa shape index (κ3) is 3.48. The van der Waals surface area contributed by atoms with Crippen molar-refractivity contribution in [2.45, 2.75) is 6.92 Å². The molecule has 0 heterocycles. The van der Waals surface area contributed by atoms with E-state index in [1.165, 1.54) is 19.3 Å². The minimum absolute atomic E-state index is 0.0298. The summed E-state index contributed by atoms with van der Waals surface area (Å²) in [6.45, 7) is 1.63. The zero-order chi connectivity index (χ0) is 15.4. The maximum atomic E-state index is 13.6. The fourth-order valence-corrected chi connectivity index (χ4v) is 1.93. The monoisotopic (exact) mass is 286 g/mol. The van der Waals surface area contributed by atoms with Gasteiger partial charge in [-0.25, -0.2) is 9.18 Å². The number of rotatable bonds is 4. The maximum Gasteiger partial charge on any atom is 0.336 e. The lowest BCUT2D eigenvalue weighted by Gasteiger charge is -2.06. The van der Waals surface area contributed by atoms with Gasteiger partial charge >= 0.3 is 5.97 Å². The van der Waals surface area contributed by atoms with E-state index in [1.807, 2.05) is 0 Å². The molecule has 0 bridgehead atoms. The number of aryl methyl sites for hydroxylation is 1. The average molecular weight is 286 g/mol. The first kappa shape index (κ1) is 14.8. The Bertz CT molecular complexity index is 705. The molecule has 0 fully saturated rings. The third-order valence-corrected chi connectivity index (χ3v) is 3.12. The topological polar surface area (TPSA) is 46.5 Å². The number of hydrogen-bond acceptors (Lipinski definition) is 2. The second-order valence-corrected chi connectivity index (χ2v) is 4.60. The minimum atomic E-state index is -1.11. The molecular formula is C17H15FO3. The van der Waals surface area contributed by atoms with Gasteiger partial charge in [-0.2, -0.15) is 0 Å². The highest BCUT2D eigenvalue weighted by molar-refractivity contribution is 6.20. The Kier molecular flexibility index (Phi) is 4.38. The van der Waals surface area contributed by atoms with Crippen LogP contribution < -0.4 is 4.74 Å². The Balaban J connectivity index is 2.49. The van der Waals surface area contributed by atoms with E-state index in [1.54, 1.807) is 43.3 Å². The largest absolute Gasteiger partial charge is 0.497 e. The fraction of sp³-hybridized carbons (Fsp3) is 0.118. The molecule has 2 rings (SSSR count). The molecule has 0 amide bonds. The van der Waals surface area contributed by atoms with Gasteiger partial charge in [0.05, 0.1) is 12.7 Å². The number of carboxylic acids is 1. The van der Waals surface area contributed by atoms with Crippen LogP contribution in [0.2, 0.25) is 0 Å². The van der Waals surface area contributed by atoms with Crippen LogP contribution in [0.25, 0.3) is 11.6 Å². The lowest BCUT2D eigenvalue weighted by atomic mass is 10.0. The van der Waals surface area contributed by atoms with Crippen molar-refractivity contribution in [3.8, 4) is 5.75 Å². The first-order valence-electron chi connectivity index (χ1n) is 6.37. The molecule has 0 radical (unpaired) electrons. The van der Waals surface area contributed by atoms with Gasteiger partial charge in [0, 0.05) is 0 Å². The van der Waals surface area contributed by atoms with Crippen molar-refractivity contribution in [1.82, 2.24) is 0 Å². The molecule has 0 spiro atoms. The molecule has 0 unspecified atom stereocenters. The fourth-order valence-electron chi connectivity index (χ4n) is 1.93. The van der Waals surface area contributed by atoms with Gasteiger partial charge in [0.25, 0.3) is 0 Å². The summed E-state index contributed by atoms with van der Waals surface area (Å²) in [4.78, 5) is 11.4. The minimum Gasteiger partial charge on any atom is -0.497 e. The first-order valence-corrected chi connectivity index (χ1v) is 6.37. The predicted molar refractivity (Wildman–Crippen MR) is 79.6 cm³/mol. The van der Waals surface area contributed by atoms with Gasteiger partial charge in [0.15, 0.2) is 0 Å². The van der Waals surface area contributed by atoms with Gasteiger partial charge in [-0.05, 0) is 47.9 Å². The zero-order valence-electron chi connectivity index (χ0n) is 11.8.